The Morgan fingerprint density at radius 3 is 2.79 bits per heavy atom. The largest absolute Gasteiger partial charge is 0.478 e. The maximum atomic E-state index is 13.2. The summed E-state index contributed by atoms with van der Waals surface area (Å²) in [5.41, 5.74) is 3.55. The predicted octanol–water partition coefficient (Wildman–Crippen LogP) is 4.85. The minimum absolute atomic E-state index is 0.141. The van der Waals surface area contributed by atoms with Crippen molar-refractivity contribution in [3.63, 3.8) is 0 Å². The summed E-state index contributed by atoms with van der Waals surface area (Å²) in [6, 6.07) is 13.0. The molecular formula is C26H23NO5S. The van der Waals surface area contributed by atoms with E-state index < -0.39 is 5.97 Å². The van der Waals surface area contributed by atoms with Crippen LogP contribution in [0.5, 0.6) is 11.5 Å². The fourth-order valence-corrected chi connectivity index (χ4v) is 4.83. The second-order valence-electron chi connectivity index (χ2n) is 8.08. The Kier molecular flexibility index (Phi) is 5.74. The third-order valence-corrected chi connectivity index (χ3v) is 6.81. The van der Waals surface area contributed by atoms with E-state index in [-0.39, 0.29) is 11.5 Å². The maximum absolute atomic E-state index is 13.2. The number of methoxy groups -OCH3 is 1. The molecule has 2 aliphatic heterocycles. The molecule has 1 aromatic heterocycles. The number of benzene rings is 2. The summed E-state index contributed by atoms with van der Waals surface area (Å²) in [7, 11) is 1.34. The lowest BCUT2D eigenvalue weighted by molar-refractivity contribution is 0.0600. The standard InChI is InChI=1S/C26H23NO5S/c1-16-12-21-20(14-27(15-31-21)10-9-19-4-3-11-33-19)25-23(16)24(28)22(32-25)13-17-5-7-18(8-6-17)26(29)30-2/h3-8,11-13H,9-10,14-15H2,1-2H3/b22-13-. The number of carbonyl (C=O) groups is 2. The molecule has 5 rings (SSSR count). The second kappa shape index (κ2) is 8.84. The van der Waals surface area contributed by atoms with Gasteiger partial charge in [0.15, 0.2) is 5.76 Å². The lowest BCUT2D eigenvalue weighted by atomic mass is 9.98. The average molecular weight is 462 g/mol. The predicted molar refractivity (Wildman–Crippen MR) is 126 cm³/mol. The van der Waals surface area contributed by atoms with Crippen molar-refractivity contribution in [1.82, 2.24) is 4.90 Å². The van der Waals surface area contributed by atoms with E-state index in [9.17, 15) is 9.59 Å². The van der Waals surface area contributed by atoms with Gasteiger partial charge in [0.2, 0.25) is 5.78 Å². The first-order valence-corrected chi connectivity index (χ1v) is 11.6. The van der Waals surface area contributed by atoms with Gasteiger partial charge in [-0.25, -0.2) is 4.79 Å². The van der Waals surface area contributed by atoms with E-state index >= 15 is 0 Å². The summed E-state index contributed by atoms with van der Waals surface area (Å²) in [6.07, 6.45) is 2.66. The quantitative estimate of drug-likeness (QED) is 0.400. The number of fused-ring (bicyclic) bond motifs is 3. The molecule has 3 aromatic rings. The Labute approximate surface area is 196 Å². The van der Waals surface area contributed by atoms with Crippen LogP contribution >= 0.6 is 11.3 Å². The van der Waals surface area contributed by atoms with E-state index in [1.165, 1.54) is 12.0 Å². The Balaban J connectivity index is 1.39. The minimum atomic E-state index is -0.402. The molecule has 0 atom stereocenters. The van der Waals surface area contributed by atoms with E-state index in [2.05, 4.69) is 22.4 Å². The van der Waals surface area contributed by atoms with Crippen LogP contribution in [-0.4, -0.2) is 37.0 Å². The fraction of sp³-hybridized carbons (Fsp3) is 0.231. The molecule has 0 fully saturated rings. The lowest BCUT2D eigenvalue weighted by Gasteiger charge is -2.30. The molecule has 0 spiro atoms. The van der Waals surface area contributed by atoms with E-state index in [1.54, 1.807) is 41.7 Å². The first kappa shape index (κ1) is 21.4. The van der Waals surface area contributed by atoms with Crippen molar-refractivity contribution in [1.29, 1.82) is 0 Å². The zero-order chi connectivity index (χ0) is 22.9. The maximum Gasteiger partial charge on any atom is 0.337 e. The van der Waals surface area contributed by atoms with Crippen LogP contribution in [0.4, 0.5) is 0 Å². The fourth-order valence-electron chi connectivity index (χ4n) is 4.13. The molecule has 3 heterocycles. The molecule has 7 heteroatoms. The van der Waals surface area contributed by atoms with Gasteiger partial charge in [0.25, 0.3) is 0 Å². The van der Waals surface area contributed by atoms with Gasteiger partial charge in [-0.1, -0.05) is 18.2 Å². The van der Waals surface area contributed by atoms with Crippen molar-refractivity contribution in [3.8, 4) is 11.5 Å². The number of nitrogens with zero attached hydrogens (tertiary/aromatic N) is 1. The number of allylic oxidation sites excluding steroid dienone is 1. The summed E-state index contributed by atoms with van der Waals surface area (Å²) < 4.78 is 16.9. The molecule has 0 amide bonds. The summed E-state index contributed by atoms with van der Waals surface area (Å²) in [6.45, 7) is 3.95. The van der Waals surface area contributed by atoms with Crippen LogP contribution in [0.2, 0.25) is 0 Å². The van der Waals surface area contributed by atoms with Crippen molar-refractivity contribution in [2.75, 3.05) is 20.4 Å². The average Bonchev–Trinajstić information content (AvgIpc) is 3.46. The molecule has 168 valence electrons. The SMILES string of the molecule is COC(=O)c1ccc(/C=C2\Oc3c4c(cc(C)c3C2=O)OCN(CCc2cccs2)C4)cc1. The van der Waals surface area contributed by atoms with E-state index in [4.69, 9.17) is 14.2 Å². The number of rotatable bonds is 5. The van der Waals surface area contributed by atoms with Crippen LogP contribution in [0.1, 0.15) is 42.3 Å². The molecule has 0 saturated heterocycles. The molecule has 0 unspecified atom stereocenters. The lowest BCUT2D eigenvalue weighted by Crippen LogP contribution is -2.33. The monoisotopic (exact) mass is 461 g/mol. The third-order valence-electron chi connectivity index (χ3n) is 5.87. The van der Waals surface area contributed by atoms with Crippen molar-refractivity contribution in [3.05, 3.63) is 86.3 Å². The van der Waals surface area contributed by atoms with Gasteiger partial charge in [0.1, 0.15) is 18.2 Å². The number of ketones is 1. The zero-order valence-electron chi connectivity index (χ0n) is 18.4. The van der Waals surface area contributed by atoms with Crippen molar-refractivity contribution in [2.24, 2.45) is 0 Å². The number of carbonyl (C=O) groups excluding carboxylic acids is 2. The summed E-state index contributed by atoms with van der Waals surface area (Å²) in [5.74, 6) is 1.09. The Morgan fingerprint density at radius 2 is 2.06 bits per heavy atom. The van der Waals surface area contributed by atoms with Crippen molar-refractivity contribution in [2.45, 2.75) is 19.9 Å². The highest BCUT2D eigenvalue weighted by atomic mass is 32.1. The number of hydrogen-bond donors (Lipinski definition) is 0. The Morgan fingerprint density at radius 1 is 1.24 bits per heavy atom. The summed E-state index contributed by atoms with van der Waals surface area (Å²) >= 11 is 1.75. The Bertz CT molecular complexity index is 1240. The molecule has 0 saturated carbocycles. The van der Waals surface area contributed by atoms with Gasteiger partial charge in [0.05, 0.1) is 23.8 Å². The Hall–Kier alpha value is -3.42. The van der Waals surface area contributed by atoms with Crippen LogP contribution in [-0.2, 0) is 17.7 Å². The zero-order valence-corrected chi connectivity index (χ0v) is 19.2. The van der Waals surface area contributed by atoms with Gasteiger partial charge in [-0.2, -0.15) is 0 Å². The summed E-state index contributed by atoms with van der Waals surface area (Å²) in [5, 5.41) is 2.09. The van der Waals surface area contributed by atoms with Gasteiger partial charge in [-0.05, 0) is 60.2 Å². The van der Waals surface area contributed by atoms with Gasteiger partial charge < -0.3 is 14.2 Å². The number of esters is 1. The van der Waals surface area contributed by atoms with Gasteiger partial charge in [-0.3, -0.25) is 9.69 Å². The molecular weight excluding hydrogens is 438 g/mol. The molecule has 6 nitrogen and oxygen atoms in total. The van der Waals surface area contributed by atoms with Crippen LogP contribution in [0.3, 0.4) is 0 Å². The molecule has 33 heavy (non-hydrogen) atoms. The van der Waals surface area contributed by atoms with E-state index in [0.717, 1.165) is 35.4 Å². The number of aryl methyl sites for hydroxylation is 1. The van der Waals surface area contributed by atoms with Gasteiger partial charge in [-0.15, -0.1) is 11.3 Å². The second-order valence-corrected chi connectivity index (χ2v) is 9.12. The number of Topliss-reactive ketones (excluding diaryl/α,β-unsaturated/α-hetero) is 1. The smallest absolute Gasteiger partial charge is 0.337 e. The van der Waals surface area contributed by atoms with Crippen LogP contribution in [0.15, 0.2) is 53.6 Å². The first-order valence-electron chi connectivity index (χ1n) is 10.7. The van der Waals surface area contributed by atoms with Crippen LogP contribution in [0.25, 0.3) is 6.08 Å². The summed E-state index contributed by atoms with van der Waals surface area (Å²) in [4.78, 5) is 28.4. The molecule has 0 bridgehead atoms. The van der Waals surface area contributed by atoms with E-state index in [1.807, 2.05) is 13.0 Å². The molecule has 0 radical (unpaired) electrons. The minimum Gasteiger partial charge on any atom is -0.478 e. The van der Waals surface area contributed by atoms with E-state index in [0.29, 0.717) is 30.2 Å². The number of hydrogen-bond acceptors (Lipinski definition) is 7. The van der Waals surface area contributed by atoms with Crippen molar-refractivity contribution >= 4 is 29.2 Å². The highest BCUT2D eigenvalue weighted by Crippen LogP contribution is 2.44. The third kappa shape index (κ3) is 4.17. The number of thiophene rings is 1. The van der Waals surface area contributed by atoms with Crippen molar-refractivity contribution < 1.29 is 23.8 Å². The highest BCUT2D eigenvalue weighted by molar-refractivity contribution is 7.09. The van der Waals surface area contributed by atoms with Gasteiger partial charge >= 0.3 is 5.97 Å². The normalized spacial score (nSPS) is 16.2. The highest BCUT2D eigenvalue weighted by Gasteiger charge is 2.35. The molecule has 2 aromatic carbocycles. The first-order chi connectivity index (χ1) is 16.0. The van der Waals surface area contributed by atoms with Gasteiger partial charge in [0, 0.05) is 18.0 Å². The molecule has 0 N–H and O–H groups in total. The van der Waals surface area contributed by atoms with Crippen LogP contribution < -0.4 is 9.47 Å². The topological polar surface area (TPSA) is 65.1 Å². The molecule has 0 aliphatic carbocycles. The van der Waals surface area contributed by atoms with Crippen LogP contribution in [0, 0.1) is 6.92 Å². The number of ether oxygens (including phenoxy) is 3. The molecule has 2 aliphatic rings.